The summed E-state index contributed by atoms with van der Waals surface area (Å²) in [5, 5.41) is 5.22. The number of hydrogen-bond donors (Lipinski definition) is 1. The number of nitrogens with zero attached hydrogens (tertiary/aromatic N) is 2. The second-order valence-corrected chi connectivity index (χ2v) is 8.13. The normalized spacial score (nSPS) is 11.0. The summed E-state index contributed by atoms with van der Waals surface area (Å²) in [6.45, 7) is 2.17. The minimum Gasteiger partial charge on any atom is -0.325 e. The van der Waals surface area contributed by atoms with E-state index in [4.69, 9.17) is 11.6 Å². The highest BCUT2D eigenvalue weighted by molar-refractivity contribution is 7.17. The van der Waals surface area contributed by atoms with E-state index in [1.807, 2.05) is 36.6 Å². The van der Waals surface area contributed by atoms with Gasteiger partial charge >= 0.3 is 0 Å². The lowest BCUT2D eigenvalue weighted by atomic mass is 10.1. The third-order valence-electron chi connectivity index (χ3n) is 4.71. The Bertz CT molecular complexity index is 1300. The molecule has 1 N–H and O–H groups in total. The molecule has 30 heavy (non-hydrogen) atoms. The Labute approximate surface area is 180 Å². The van der Waals surface area contributed by atoms with E-state index in [0.717, 1.165) is 22.8 Å². The van der Waals surface area contributed by atoms with E-state index in [9.17, 15) is 14.0 Å². The van der Waals surface area contributed by atoms with E-state index in [-0.39, 0.29) is 29.5 Å². The van der Waals surface area contributed by atoms with Crippen molar-refractivity contribution in [2.75, 3.05) is 5.32 Å². The molecule has 4 rings (SSSR count). The Balaban J connectivity index is 1.55. The summed E-state index contributed by atoms with van der Waals surface area (Å²) in [6, 6.07) is 11.7. The Hall–Kier alpha value is -3.03. The Morgan fingerprint density at radius 3 is 2.73 bits per heavy atom. The van der Waals surface area contributed by atoms with Gasteiger partial charge in [-0.2, -0.15) is 0 Å². The summed E-state index contributed by atoms with van der Waals surface area (Å²) in [4.78, 5) is 30.4. The maximum absolute atomic E-state index is 13.1. The maximum Gasteiger partial charge on any atom is 0.262 e. The molecule has 0 atom stereocenters. The van der Waals surface area contributed by atoms with Gasteiger partial charge in [0.05, 0.1) is 22.4 Å². The highest BCUT2D eigenvalue weighted by atomic mass is 35.5. The molecule has 152 valence electrons. The number of nitrogens with one attached hydrogen (secondary N) is 1. The predicted molar refractivity (Wildman–Crippen MR) is 119 cm³/mol. The van der Waals surface area contributed by atoms with E-state index < -0.39 is 5.82 Å². The number of rotatable bonds is 5. The molecule has 8 heteroatoms. The molecular weight excluding hydrogens is 425 g/mol. The molecule has 0 aliphatic carbocycles. The van der Waals surface area contributed by atoms with Gasteiger partial charge in [0.1, 0.15) is 10.6 Å². The fraction of sp³-hybridized carbons (Fsp3) is 0.136. The van der Waals surface area contributed by atoms with Crippen LogP contribution in [0.3, 0.4) is 0 Å². The van der Waals surface area contributed by atoms with Crippen LogP contribution in [-0.4, -0.2) is 15.5 Å². The minimum atomic E-state index is -0.482. The number of thiophene rings is 1. The van der Waals surface area contributed by atoms with Crippen molar-refractivity contribution in [2.45, 2.75) is 19.9 Å². The van der Waals surface area contributed by atoms with Crippen molar-refractivity contribution in [1.82, 2.24) is 9.55 Å². The average molecular weight is 442 g/mol. The molecule has 0 aliphatic heterocycles. The highest BCUT2D eigenvalue weighted by Crippen LogP contribution is 2.30. The maximum atomic E-state index is 13.1. The van der Waals surface area contributed by atoms with Gasteiger partial charge in [0, 0.05) is 23.9 Å². The van der Waals surface area contributed by atoms with Crippen molar-refractivity contribution in [1.29, 1.82) is 0 Å². The molecular formula is C22H17ClFN3O2S. The zero-order valence-corrected chi connectivity index (χ0v) is 17.6. The first-order valence-corrected chi connectivity index (χ1v) is 10.5. The van der Waals surface area contributed by atoms with Crippen molar-refractivity contribution in [2.24, 2.45) is 0 Å². The summed E-state index contributed by atoms with van der Waals surface area (Å²) in [5.41, 5.74) is 3.06. The number of halogens is 2. The standard InChI is InChI=1S/C22H17ClFN3O2S/c1-13-2-4-14(5-3-13)16-11-30-21-20(16)22(29)27(12-25-21)9-8-19(28)26-18-7-6-15(24)10-17(18)23/h2-7,10-12H,8-9H2,1H3,(H,26,28). The zero-order chi connectivity index (χ0) is 21.3. The summed E-state index contributed by atoms with van der Waals surface area (Å²) >= 11 is 7.35. The number of carbonyl (C=O) groups is 1. The molecule has 0 bridgehead atoms. The topological polar surface area (TPSA) is 64.0 Å². The lowest BCUT2D eigenvalue weighted by Crippen LogP contribution is -2.23. The van der Waals surface area contributed by atoms with Crippen molar-refractivity contribution in [3.05, 3.63) is 80.9 Å². The van der Waals surface area contributed by atoms with Crippen molar-refractivity contribution < 1.29 is 9.18 Å². The van der Waals surface area contributed by atoms with Crippen LogP contribution in [0.2, 0.25) is 5.02 Å². The predicted octanol–water partition coefficient (Wildman–Crippen LogP) is 5.25. The third-order valence-corrected chi connectivity index (χ3v) is 5.91. The van der Waals surface area contributed by atoms with E-state index >= 15 is 0 Å². The number of benzene rings is 2. The lowest BCUT2D eigenvalue weighted by molar-refractivity contribution is -0.116. The molecule has 5 nitrogen and oxygen atoms in total. The van der Waals surface area contributed by atoms with Crippen LogP contribution < -0.4 is 10.9 Å². The molecule has 0 spiro atoms. The Kier molecular flexibility index (Phi) is 5.65. The fourth-order valence-electron chi connectivity index (χ4n) is 3.10. The second-order valence-electron chi connectivity index (χ2n) is 6.86. The first-order valence-electron chi connectivity index (χ1n) is 9.21. The molecule has 1 amide bonds. The van der Waals surface area contributed by atoms with Gasteiger partial charge in [-0.3, -0.25) is 14.2 Å². The number of hydrogen-bond acceptors (Lipinski definition) is 4. The van der Waals surface area contributed by atoms with Crippen LogP contribution in [-0.2, 0) is 11.3 Å². The second kappa shape index (κ2) is 8.38. The van der Waals surface area contributed by atoms with Gasteiger partial charge in [-0.05, 0) is 30.7 Å². The molecule has 0 radical (unpaired) electrons. The molecule has 0 fully saturated rings. The summed E-state index contributed by atoms with van der Waals surface area (Å²) in [5.74, 6) is -0.816. The smallest absolute Gasteiger partial charge is 0.262 e. The lowest BCUT2D eigenvalue weighted by Gasteiger charge is -2.09. The minimum absolute atomic E-state index is 0.0464. The fourth-order valence-corrected chi connectivity index (χ4v) is 4.22. The Morgan fingerprint density at radius 1 is 1.23 bits per heavy atom. The van der Waals surface area contributed by atoms with Crippen LogP contribution in [0.25, 0.3) is 21.3 Å². The van der Waals surface area contributed by atoms with Gasteiger partial charge in [-0.15, -0.1) is 11.3 Å². The number of aromatic nitrogens is 2. The van der Waals surface area contributed by atoms with Gasteiger partial charge in [0.15, 0.2) is 0 Å². The Morgan fingerprint density at radius 2 is 2.00 bits per heavy atom. The number of aryl methyl sites for hydroxylation is 2. The first kappa shape index (κ1) is 20.3. The quantitative estimate of drug-likeness (QED) is 0.459. The van der Waals surface area contributed by atoms with E-state index in [0.29, 0.717) is 15.9 Å². The van der Waals surface area contributed by atoms with E-state index in [1.54, 1.807) is 0 Å². The monoisotopic (exact) mass is 441 g/mol. The van der Waals surface area contributed by atoms with Gasteiger partial charge in [0.2, 0.25) is 5.91 Å². The number of carbonyl (C=O) groups excluding carboxylic acids is 1. The van der Waals surface area contributed by atoms with Crippen LogP contribution in [0.1, 0.15) is 12.0 Å². The molecule has 0 saturated carbocycles. The van der Waals surface area contributed by atoms with Crippen molar-refractivity contribution in [3.8, 4) is 11.1 Å². The van der Waals surface area contributed by atoms with Gasteiger partial charge < -0.3 is 5.32 Å². The molecule has 4 aromatic rings. The largest absolute Gasteiger partial charge is 0.325 e. The van der Waals surface area contributed by atoms with Gasteiger partial charge in [-0.25, -0.2) is 9.37 Å². The van der Waals surface area contributed by atoms with Crippen molar-refractivity contribution >= 4 is 44.7 Å². The van der Waals surface area contributed by atoms with Crippen LogP contribution in [0.4, 0.5) is 10.1 Å². The molecule has 2 heterocycles. The highest BCUT2D eigenvalue weighted by Gasteiger charge is 2.14. The molecule has 2 aromatic heterocycles. The first-order chi connectivity index (χ1) is 14.4. The van der Waals surface area contributed by atoms with Gasteiger partial charge in [0.25, 0.3) is 5.56 Å². The van der Waals surface area contributed by atoms with Crippen LogP contribution in [0.5, 0.6) is 0 Å². The molecule has 0 saturated heterocycles. The van der Waals surface area contributed by atoms with Crippen molar-refractivity contribution in [3.63, 3.8) is 0 Å². The van der Waals surface area contributed by atoms with Crippen LogP contribution >= 0.6 is 22.9 Å². The van der Waals surface area contributed by atoms with Crippen LogP contribution in [0, 0.1) is 12.7 Å². The number of anilines is 1. The number of fused-ring (bicyclic) bond motifs is 1. The molecule has 0 aliphatic rings. The molecule has 2 aromatic carbocycles. The SMILES string of the molecule is Cc1ccc(-c2csc3ncn(CCC(=O)Nc4ccc(F)cc4Cl)c(=O)c23)cc1. The summed E-state index contributed by atoms with van der Waals surface area (Å²) < 4.78 is 14.6. The third kappa shape index (κ3) is 4.13. The summed E-state index contributed by atoms with van der Waals surface area (Å²) in [6.07, 6.45) is 1.50. The van der Waals surface area contributed by atoms with Gasteiger partial charge in [-0.1, -0.05) is 41.4 Å². The zero-order valence-electron chi connectivity index (χ0n) is 16.0. The van der Waals surface area contributed by atoms with E-state index in [1.165, 1.54) is 34.4 Å². The van der Waals surface area contributed by atoms with E-state index in [2.05, 4.69) is 10.3 Å². The molecule has 0 unspecified atom stereocenters. The van der Waals surface area contributed by atoms with Crippen LogP contribution in [0.15, 0.2) is 59.0 Å². The summed E-state index contributed by atoms with van der Waals surface area (Å²) in [7, 11) is 0. The number of amides is 1. The average Bonchev–Trinajstić information content (AvgIpc) is 3.15.